The minimum atomic E-state index is -1.10. The number of hydrogen-bond acceptors (Lipinski definition) is 5. The summed E-state index contributed by atoms with van der Waals surface area (Å²) in [6.45, 7) is 1.69. The van der Waals surface area contributed by atoms with Crippen molar-refractivity contribution in [3.05, 3.63) is 0 Å². The molecule has 0 unspecified atom stereocenters. The Hall–Kier alpha value is -1.18. The maximum atomic E-state index is 11.2. The molecule has 0 aromatic heterocycles. The molecule has 6 N–H and O–H groups in total. The van der Waals surface area contributed by atoms with Crippen LogP contribution < -0.4 is 16.8 Å². The summed E-state index contributed by atoms with van der Waals surface area (Å²) in [4.78, 5) is 21.5. The van der Waals surface area contributed by atoms with Crippen LogP contribution in [0.4, 0.5) is 0 Å². The van der Waals surface area contributed by atoms with Gasteiger partial charge in [-0.05, 0) is 6.42 Å². The molecular weight excluding hydrogens is 214 g/mol. The van der Waals surface area contributed by atoms with Crippen molar-refractivity contribution in [2.75, 3.05) is 26.3 Å². The molecule has 0 aromatic carbocycles. The van der Waals surface area contributed by atoms with Crippen molar-refractivity contribution in [3.63, 3.8) is 0 Å². The van der Waals surface area contributed by atoms with E-state index in [1.54, 1.807) is 0 Å². The van der Waals surface area contributed by atoms with Crippen molar-refractivity contribution in [1.82, 2.24) is 5.32 Å². The number of nitrogens with two attached hydrogens (primary N) is 2. The number of amides is 1. The molecular formula is C9H19N3O4. The van der Waals surface area contributed by atoms with Crippen LogP contribution >= 0.6 is 0 Å². The fraction of sp³-hybridized carbons (Fsp3) is 0.778. The summed E-state index contributed by atoms with van der Waals surface area (Å²) >= 11 is 0. The molecule has 0 fully saturated rings. The Morgan fingerprint density at radius 2 is 2.06 bits per heavy atom. The van der Waals surface area contributed by atoms with E-state index in [2.05, 4.69) is 5.32 Å². The molecule has 1 amide bonds. The first-order valence-electron chi connectivity index (χ1n) is 5.10. The Bertz CT molecular complexity index is 223. The predicted molar refractivity (Wildman–Crippen MR) is 57.7 cm³/mol. The summed E-state index contributed by atoms with van der Waals surface area (Å²) in [5, 5.41) is 11.1. The van der Waals surface area contributed by atoms with Crippen molar-refractivity contribution >= 4 is 11.9 Å². The standard InChI is InChI=1S/C9H19N3O4/c10-3-5-16-6-4-12-8(13)2-1-7(11)9(14)15/h7H,1-6,10-11H2,(H,12,13)(H,14,15)/t7-/m0/s1. The Labute approximate surface area is 94.1 Å². The van der Waals surface area contributed by atoms with Crippen LogP contribution in [0.15, 0.2) is 0 Å². The van der Waals surface area contributed by atoms with E-state index in [-0.39, 0.29) is 18.7 Å². The second-order valence-corrected chi connectivity index (χ2v) is 3.23. The number of rotatable bonds is 9. The van der Waals surface area contributed by atoms with Gasteiger partial charge in [0.2, 0.25) is 5.91 Å². The van der Waals surface area contributed by atoms with Gasteiger partial charge >= 0.3 is 5.97 Å². The molecule has 0 rings (SSSR count). The van der Waals surface area contributed by atoms with Gasteiger partial charge in [-0.25, -0.2) is 0 Å². The quantitative estimate of drug-likeness (QED) is 0.350. The molecule has 94 valence electrons. The molecule has 0 bridgehead atoms. The maximum absolute atomic E-state index is 11.2. The van der Waals surface area contributed by atoms with E-state index in [4.69, 9.17) is 21.3 Å². The van der Waals surface area contributed by atoms with Crippen molar-refractivity contribution in [2.24, 2.45) is 11.5 Å². The topological polar surface area (TPSA) is 128 Å². The zero-order chi connectivity index (χ0) is 12.4. The number of hydrogen-bond donors (Lipinski definition) is 4. The highest BCUT2D eigenvalue weighted by atomic mass is 16.5. The van der Waals surface area contributed by atoms with Gasteiger partial charge in [-0.1, -0.05) is 0 Å². The third-order valence-electron chi connectivity index (χ3n) is 1.83. The fourth-order valence-corrected chi connectivity index (χ4v) is 0.946. The Morgan fingerprint density at radius 1 is 1.38 bits per heavy atom. The van der Waals surface area contributed by atoms with E-state index < -0.39 is 12.0 Å². The number of carboxylic acid groups (broad SMARTS) is 1. The van der Waals surface area contributed by atoms with Crippen LogP contribution in [0.1, 0.15) is 12.8 Å². The predicted octanol–water partition coefficient (Wildman–Crippen LogP) is -1.73. The van der Waals surface area contributed by atoms with Crippen LogP contribution in [0.5, 0.6) is 0 Å². The summed E-state index contributed by atoms with van der Waals surface area (Å²) in [7, 11) is 0. The summed E-state index contributed by atoms with van der Waals surface area (Å²) in [5.74, 6) is -1.33. The molecule has 0 aromatic rings. The molecule has 0 aliphatic heterocycles. The van der Waals surface area contributed by atoms with Crippen LogP contribution in [-0.4, -0.2) is 49.3 Å². The summed E-state index contributed by atoms with van der Waals surface area (Å²) in [5.41, 5.74) is 10.4. The highest BCUT2D eigenvalue weighted by Crippen LogP contribution is 1.94. The minimum absolute atomic E-state index is 0.102. The highest BCUT2D eigenvalue weighted by molar-refractivity contribution is 5.78. The van der Waals surface area contributed by atoms with E-state index in [0.717, 1.165) is 0 Å². The monoisotopic (exact) mass is 233 g/mol. The van der Waals surface area contributed by atoms with Gasteiger partial charge in [0.15, 0.2) is 0 Å². The van der Waals surface area contributed by atoms with Gasteiger partial charge in [0, 0.05) is 19.5 Å². The van der Waals surface area contributed by atoms with Gasteiger partial charge in [-0.3, -0.25) is 9.59 Å². The SMILES string of the molecule is NCCOCCNC(=O)CC[C@H](N)C(=O)O. The number of ether oxygens (including phenoxy) is 1. The first kappa shape index (κ1) is 14.8. The van der Waals surface area contributed by atoms with E-state index in [1.807, 2.05) is 0 Å². The number of carbonyl (C=O) groups is 2. The summed E-state index contributed by atoms with van der Waals surface area (Å²) in [6.07, 6.45) is 0.231. The first-order chi connectivity index (χ1) is 7.57. The van der Waals surface area contributed by atoms with Crippen LogP contribution in [0, 0.1) is 0 Å². The number of aliphatic carboxylic acids is 1. The van der Waals surface area contributed by atoms with Crippen molar-refractivity contribution in [3.8, 4) is 0 Å². The molecule has 0 aliphatic carbocycles. The zero-order valence-corrected chi connectivity index (χ0v) is 9.15. The zero-order valence-electron chi connectivity index (χ0n) is 9.15. The third kappa shape index (κ3) is 8.16. The van der Waals surface area contributed by atoms with Crippen LogP contribution in [0.3, 0.4) is 0 Å². The fourth-order valence-electron chi connectivity index (χ4n) is 0.946. The second-order valence-electron chi connectivity index (χ2n) is 3.23. The first-order valence-corrected chi connectivity index (χ1v) is 5.10. The summed E-state index contributed by atoms with van der Waals surface area (Å²) < 4.78 is 5.04. The molecule has 0 heterocycles. The molecule has 7 heteroatoms. The smallest absolute Gasteiger partial charge is 0.320 e. The Balaban J connectivity index is 3.41. The molecule has 1 atom stereocenters. The van der Waals surface area contributed by atoms with E-state index in [0.29, 0.717) is 26.3 Å². The third-order valence-corrected chi connectivity index (χ3v) is 1.83. The molecule has 0 saturated carbocycles. The summed E-state index contributed by atoms with van der Waals surface area (Å²) in [6, 6.07) is -0.987. The van der Waals surface area contributed by atoms with Gasteiger partial charge in [-0.2, -0.15) is 0 Å². The maximum Gasteiger partial charge on any atom is 0.320 e. The van der Waals surface area contributed by atoms with Gasteiger partial charge in [0.25, 0.3) is 0 Å². The van der Waals surface area contributed by atoms with E-state index >= 15 is 0 Å². The average Bonchev–Trinajstić information content (AvgIpc) is 2.25. The molecule has 0 spiro atoms. The number of nitrogens with one attached hydrogen (secondary N) is 1. The second kappa shape index (κ2) is 9.08. The van der Waals surface area contributed by atoms with Crippen molar-refractivity contribution in [2.45, 2.75) is 18.9 Å². The lowest BCUT2D eigenvalue weighted by Gasteiger charge is -2.07. The average molecular weight is 233 g/mol. The normalized spacial score (nSPS) is 12.1. The van der Waals surface area contributed by atoms with Crippen molar-refractivity contribution < 1.29 is 19.4 Å². The lowest BCUT2D eigenvalue weighted by molar-refractivity contribution is -0.138. The van der Waals surface area contributed by atoms with Gasteiger partial charge in [0.1, 0.15) is 6.04 Å². The number of carboxylic acids is 1. The van der Waals surface area contributed by atoms with Gasteiger partial charge in [0.05, 0.1) is 13.2 Å². The van der Waals surface area contributed by atoms with Crippen LogP contribution in [0.25, 0.3) is 0 Å². The Morgan fingerprint density at radius 3 is 2.62 bits per heavy atom. The molecule has 7 nitrogen and oxygen atoms in total. The van der Waals surface area contributed by atoms with Crippen LogP contribution in [-0.2, 0) is 14.3 Å². The lowest BCUT2D eigenvalue weighted by atomic mass is 10.1. The van der Waals surface area contributed by atoms with E-state index in [1.165, 1.54) is 0 Å². The Kier molecular flexibility index (Phi) is 8.41. The van der Waals surface area contributed by atoms with Crippen LogP contribution in [0.2, 0.25) is 0 Å². The van der Waals surface area contributed by atoms with E-state index in [9.17, 15) is 9.59 Å². The van der Waals surface area contributed by atoms with Crippen molar-refractivity contribution in [1.29, 1.82) is 0 Å². The number of carbonyl (C=O) groups excluding carboxylic acids is 1. The van der Waals surface area contributed by atoms with Gasteiger partial charge < -0.3 is 26.6 Å². The molecule has 0 aliphatic rings. The molecule has 0 radical (unpaired) electrons. The molecule has 0 saturated heterocycles. The lowest BCUT2D eigenvalue weighted by Crippen LogP contribution is -2.33. The molecule has 16 heavy (non-hydrogen) atoms. The minimum Gasteiger partial charge on any atom is -0.480 e. The highest BCUT2D eigenvalue weighted by Gasteiger charge is 2.12. The largest absolute Gasteiger partial charge is 0.480 e. The van der Waals surface area contributed by atoms with Gasteiger partial charge in [-0.15, -0.1) is 0 Å².